The Morgan fingerprint density at radius 3 is 3.00 bits per heavy atom. The predicted molar refractivity (Wildman–Crippen MR) is 34.9 cm³/mol. The zero-order valence-electron chi connectivity index (χ0n) is 5.02. The highest BCUT2D eigenvalue weighted by Gasteiger charge is 1.96. The summed E-state index contributed by atoms with van der Waals surface area (Å²) in [6, 6.07) is 0. The Balaban J connectivity index is 2.50. The number of nitrogens with one attached hydrogen (secondary N) is 1. The minimum absolute atomic E-state index is 1.06. The average molecular weight is 110 g/mol. The van der Waals surface area contributed by atoms with E-state index in [1.54, 1.807) is 0 Å². The van der Waals surface area contributed by atoms with Crippen LogP contribution in [0.15, 0.2) is 17.3 Å². The maximum absolute atomic E-state index is 4.00. The summed E-state index contributed by atoms with van der Waals surface area (Å²) in [6.07, 6.45) is 6.23. The molecule has 0 aromatic carbocycles. The van der Waals surface area contributed by atoms with Gasteiger partial charge in [0, 0.05) is 13.5 Å². The summed E-state index contributed by atoms with van der Waals surface area (Å²) >= 11 is 0. The molecule has 0 unspecified atom stereocenters. The number of nitrogens with zero attached hydrogens (tertiary/aromatic N) is 1. The van der Waals surface area contributed by atoms with E-state index >= 15 is 0 Å². The van der Waals surface area contributed by atoms with Crippen molar-refractivity contribution >= 4 is 5.84 Å². The van der Waals surface area contributed by atoms with Crippen LogP contribution >= 0.6 is 0 Å². The van der Waals surface area contributed by atoms with Gasteiger partial charge in [-0.2, -0.15) is 0 Å². The van der Waals surface area contributed by atoms with E-state index in [0.717, 1.165) is 18.7 Å². The molecule has 0 saturated carbocycles. The highest BCUT2D eigenvalue weighted by atomic mass is 15.0. The fourth-order valence-electron chi connectivity index (χ4n) is 0.707. The fraction of sp³-hybridized carbons (Fsp3) is 0.500. The zero-order chi connectivity index (χ0) is 5.82. The molecule has 1 N–H and O–H groups in total. The van der Waals surface area contributed by atoms with Gasteiger partial charge in [-0.25, -0.2) is 0 Å². The summed E-state index contributed by atoms with van der Waals surface area (Å²) < 4.78 is 0. The first-order chi connectivity index (χ1) is 3.93. The van der Waals surface area contributed by atoms with Crippen molar-refractivity contribution in [3.63, 3.8) is 0 Å². The number of rotatable bonds is 0. The molecule has 1 heterocycles. The van der Waals surface area contributed by atoms with E-state index in [9.17, 15) is 0 Å². The van der Waals surface area contributed by atoms with Crippen LogP contribution in [0.5, 0.6) is 0 Å². The molecule has 1 aliphatic rings. The molecular formula is C6H10N2. The van der Waals surface area contributed by atoms with E-state index in [1.807, 2.05) is 13.2 Å². The fourth-order valence-corrected chi connectivity index (χ4v) is 0.707. The van der Waals surface area contributed by atoms with Gasteiger partial charge in [0.25, 0.3) is 0 Å². The summed E-state index contributed by atoms with van der Waals surface area (Å²) in [5, 5.41) is 3.04. The third-order valence-electron chi connectivity index (χ3n) is 1.19. The second kappa shape index (κ2) is 2.50. The van der Waals surface area contributed by atoms with E-state index in [4.69, 9.17) is 0 Å². The van der Waals surface area contributed by atoms with Gasteiger partial charge in [0.05, 0.1) is 0 Å². The lowest BCUT2D eigenvalue weighted by Crippen LogP contribution is -2.19. The second-order valence-corrected chi connectivity index (χ2v) is 1.76. The molecule has 2 nitrogen and oxygen atoms in total. The molecule has 1 aliphatic heterocycles. The van der Waals surface area contributed by atoms with Gasteiger partial charge in [-0.1, -0.05) is 6.08 Å². The van der Waals surface area contributed by atoms with Crippen LogP contribution in [0.2, 0.25) is 0 Å². The molecule has 0 amide bonds. The Morgan fingerprint density at radius 2 is 2.62 bits per heavy atom. The second-order valence-electron chi connectivity index (χ2n) is 1.76. The number of hydrogen-bond acceptors (Lipinski definition) is 1. The summed E-state index contributed by atoms with van der Waals surface area (Å²) in [6.45, 7) is 0. The predicted octanol–water partition coefficient (Wildman–Crippen LogP) is 0.912. The van der Waals surface area contributed by atoms with Crippen LogP contribution in [0.25, 0.3) is 0 Å². The minimum atomic E-state index is 1.06. The lowest BCUT2D eigenvalue weighted by atomic mass is 10.2. The van der Waals surface area contributed by atoms with Crippen LogP contribution in [0.1, 0.15) is 12.8 Å². The van der Waals surface area contributed by atoms with Gasteiger partial charge in [-0.05, 0) is 12.6 Å². The van der Waals surface area contributed by atoms with Crippen molar-refractivity contribution in [1.82, 2.24) is 5.32 Å². The van der Waals surface area contributed by atoms with Gasteiger partial charge in [-0.15, -0.1) is 0 Å². The van der Waals surface area contributed by atoms with Crippen molar-refractivity contribution in [2.75, 3.05) is 7.05 Å². The standard InChI is InChI=1S/C6H10N2/c1-7-6-4-2-3-5-8-6/h3,5H,2,4H2,1H3,(H,7,8). The summed E-state index contributed by atoms with van der Waals surface area (Å²) in [4.78, 5) is 4.00. The zero-order valence-corrected chi connectivity index (χ0v) is 5.02. The lowest BCUT2D eigenvalue weighted by molar-refractivity contribution is 0.975. The lowest BCUT2D eigenvalue weighted by Gasteiger charge is -2.06. The third-order valence-corrected chi connectivity index (χ3v) is 1.19. The van der Waals surface area contributed by atoms with Crippen LogP contribution in [0.4, 0.5) is 0 Å². The average Bonchev–Trinajstić information content (AvgIpc) is 1.90. The SMILES string of the molecule is CN=C1CCC=CN1. The molecule has 44 valence electrons. The van der Waals surface area contributed by atoms with Crippen molar-refractivity contribution in [2.45, 2.75) is 12.8 Å². The van der Waals surface area contributed by atoms with Crippen molar-refractivity contribution in [2.24, 2.45) is 4.99 Å². The van der Waals surface area contributed by atoms with Crippen molar-refractivity contribution in [1.29, 1.82) is 0 Å². The van der Waals surface area contributed by atoms with E-state index < -0.39 is 0 Å². The topological polar surface area (TPSA) is 24.4 Å². The van der Waals surface area contributed by atoms with Gasteiger partial charge >= 0.3 is 0 Å². The smallest absolute Gasteiger partial charge is 0.100 e. The number of allylic oxidation sites excluding steroid dienone is 1. The first-order valence-corrected chi connectivity index (χ1v) is 2.80. The van der Waals surface area contributed by atoms with Gasteiger partial charge in [-0.3, -0.25) is 4.99 Å². The van der Waals surface area contributed by atoms with Crippen LogP contribution in [0.3, 0.4) is 0 Å². The van der Waals surface area contributed by atoms with Crippen molar-refractivity contribution in [3.05, 3.63) is 12.3 Å². The monoisotopic (exact) mass is 110 g/mol. The van der Waals surface area contributed by atoms with E-state index in [1.165, 1.54) is 0 Å². The molecule has 0 spiro atoms. The van der Waals surface area contributed by atoms with E-state index in [0.29, 0.717) is 0 Å². The number of aliphatic imine (C=N–C) groups is 1. The maximum Gasteiger partial charge on any atom is 0.100 e. The first-order valence-electron chi connectivity index (χ1n) is 2.80. The molecule has 0 bridgehead atoms. The Bertz CT molecular complexity index is 124. The number of amidine groups is 1. The molecule has 1 rings (SSSR count). The molecule has 0 radical (unpaired) electrons. The molecule has 0 aliphatic carbocycles. The first kappa shape index (κ1) is 5.35. The molecular weight excluding hydrogens is 100 g/mol. The van der Waals surface area contributed by atoms with Crippen molar-refractivity contribution in [3.8, 4) is 0 Å². The molecule has 0 aromatic rings. The Hall–Kier alpha value is -0.790. The van der Waals surface area contributed by atoms with Crippen LogP contribution in [-0.4, -0.2) is 12.9 Å². The Morgan fingerprint density at radius 1 is 1.75 bits per heavy atom. The molecule has 0 saturated heterocycles. The maximum atomic E-state index is 4.00. The minimum Gasteiger partial charge on any atom is -0.351 e. The summed E-state index contributed by atoms with van der Waals surface area (Å²) in [5.41, 5.74) is 0. The third kappa shape index (κ3) is 1.09. The molecule has 0 aromatic heterocycles. The molecule has 0 atom stereocenters. The highest BCUT2D eigenvalue weighted by Crippen LogP contribution is 1.96. The van der Waals surface area contributed by atoms with Gasteiger partial charge in [0.15, 0.2) is 0 Å². The van der Waals surface area contributed by atoms with Crippen LogP contribution < -0.4 is 5.32 Å². The molecule has 2 heteroatoms. The normalized spacial score (nSPS) is 23.4. The van der Waals surface area contributed by atoms with Crippen LogP contribution in [-0.2, 0) is 0 Å². The highest BCUT2D eigenvalue weighted by molar-refractivity contribution is 5.83. The number of hydrogen-bond donors (Lipinski definition) is 1. The Labute approximate surface area is 49.3 Å². The van der Waals surface area contributed by atoms with Gasteiger partial charge in [0.2, 0.25) is 0 Å². The van der Waals surface area contributed by atoms with E-state index in [2.05, 4.69) is 16.4 Å². The largest absolute Gasteiger partial charge is 0.351 e. The molecule has 8 heavy (non-hydrogen) atoms. The Kier molecular flexibility index (Phi) is 1.67. The molecule has 0 fully saturated rings. The van der Waals surface area contributed by atoms with Gasteiger partial charge in [0.1, 0.15) is 5.84 Å². The van der Waals surface area contributed by atoms with E-state index in [-0.39, 0.29) is 0 Å². The summed E-state index contributed by atoms with van der Waals surface area (Å²) in [7, 11) is 1.81. The van der Waals surface area contributed by atoms with Crippen molar-refractivity contribution < 1.29 is 0 Å². The summed E-state index contributed by atoms with van der Waals surface area (Å²) in [5.74, 6) is 1.09. The van der Waals surface area contributed by atoms with Crippen LogP contribution in [0, 0.1) is 0 Å². The quantitative estimate of drug-likeness (QED) is 0.492. The van der Waals surface area contributed by atoms with Gasteiger partial charge < -0.3 is 5.32 Å².